The standard InChI is InChI=1S/C16H24O5/c1-8-5-9(2)12(10(3)6-8)7-16(20)15(19)14(18)13(17)11(4)21-16/h5-6,11,13-15,17-20H,7H2,1-4H3/t11-,13+,14+,15-,16+/m0/s1. The highest BCUT2D eigenvalue weighted by Crippen LogP contribution is 2.32. The number of hydrogen-bond acceptors (Lipinski definition) is 5. The molecule has 0 radical (unpaired) electrons. The van der Waals surface area contributed by atoms with Crippen LogP contribution in [0.25, 0.3) is 0 Å². The van der Waals surface area contributed by atoms with Crippen molar-refractivity contribution in [1.29, 1.82) is 0 Å². The maximum absolute atomic E-state index is 10.6. The van der Waals surface area contributed by atoms with E-state index in [-0.39, 0.29) is 6.42 Å². The van der Waals surface area contributed by atoms with Gasteiger partial charge in [0, 0.05) is 6.42 Å². The first-order valence-corrected chi connectivity index (χ1v) is 7.17. The van der Waals surface area contributed by atoms with Crippen molar-refractivity contribution in [3.05, 3.63) is 34.4 Å². The second kappa shape index (κ2) is 5.66. The predicted octanol–water partition coefficient (Wildman–Crippen LogP) is 0.344. The van der Waals surface area contributed by atoms with Gasteiger partial charge >= 0.3 is 0 Å². The molecule has 4 N–H and O–H groups in total. The highest BCUT2D eigenvalue weighted by atomic mass is 16.7. The molecule has 1 saturated heterocycles. The summed E-state index contributed by atoms with van der Waals surface area (Å²) in [4.78, 5) is 0. The maximum Gasteiger partial charge on any atom is 0.199 e. The van der Waals surface area contributed by atoms with Gasteiger partial charge in [-0.2, -0.15) is 0 Å². The number of rotatable bonds is 2. The first kappa shape index (κ1) is 16.4. The molecule has 1 aliphatic rings. The van der Waals surface area contributed by atoms with Crippen LogP contribution in [0.4, 0.5) is 0 Å². The van der Waals surface area contributed by atoms with Crippen LogP contribution < -0.4 is 0 Å². The van der Waals surface area contributed by atoms with Crippen LogP contribution in [0.5, 0.6) is 0 Å². The fourth-order valence-corrected chi connectivity index (χ4v) is 3.08. The predicted molar refractivity (Wildman–Crippen MR) is 77.9 cm³/mol. The molecule has 21 heavy (non-hydrogen) atoms. The van der Waals surface area contributed by atoms with Gasteiger partial charge in [0.15, 0.2) is 5.79 Å². The highest BCUT2D eigenvalue weighted by Gasteiger charge is 2.51. The topological polar surface area (TPSA) is 90.2 Å². The molecule has 5 atom stereocenters. The van der Waals surface area contributed by atoms with E-state index in [0.717, 1.165) is 22.3 Å². The average molecular weight is 296 g/mol. The molecular weight excluding hydrogens is 272 g/mol. The van der Waals surface area contributed by atoms with Crippen LogP contribution in [0.2, 0.25) is 0 Å². The molecule has 1 aromatic rings. The summed E-state index contributed by atoms with van der Waals surface area (Å²) in [6.45, 7) is 7.41. The van der Waals surface area contributed by atoms with Crippen molar-refractivity contribution in [3.63, 3.8) is 0 Å². The van der Waals surface area contributed by atoms with Crippen LogP contribution in [0.15, 0.2) is 12.1 Å². The third-order valence-corrected chi connectivity index (χ3v) is 4.28. The number of aliphatic hydroxyl groups excluding tert-OH is 3. The Hall–Kier alpha value is -0.980. The zero-order chi connectivity index (χ0) is 15.9. The smallest absolute Gasteiger partial charge is 0.199 e. The molecule has 0 aromatic heterocycles. The van der Waals surface area contributed by atoms with E-state index in [9.17, 15) is 20.4 Å². The minimum Gasteiger partial charge on any atom is -0.388 e. The van der Waals surface area contributed by atoms with Gasteiger partial charge in [0.2, 0.25) is 0 Å². The summed E-state index contributed by atoms with van der Waals surface area (Å²) < 4.78 is 5.41. The van der Waals surface area contributed by atoms with E-state index in [1.807, 2.05) is 32.9 Å². The Morgan fingerprint density at radius 2 is 1.57 bits per heavy atom. The summed E-state index contributed by atoms with van der Waals surface area (Å²) in [7, 11) is 0. The second-order valence-electron chi connectivity index (χ2n) is 6.15. The fourth-order valence-electron chi connectivity index (χ4n) is 3.08. The van der Waals surface area contributed by atoms with Gasteiger partial charge in [0.25, 0.3) is 0 Å². The summed E-state index contributed by atoms with van der Waals surface area (Å²) in [5.74, 6) is -1.91. The number of aliphatic hydroxyl groups is 4. The molecule has 0 spiro atoms. The van der Waals surface area contributed by atoms with E-state index in [2.05, 4.69) is 0 Å². The SMILES string of the molecule is Cc1cc(C)c(C[C@@]2(O)O[C@@H](C)[C@@H](O)[C@@H](O)[C@@H]2O)c(C)c1. The summed E-state index contributed by atoms with van der Waals surface area (Å²) in [6.07, 6.45) is -4.94. The van der Waals surface area contributed by atoms with E-state index in [4.69, 9.17) is 4.74 Å². The molecule has 1 fully saturated rings. The summed E-state index contributed by atoms with van der Waals surface area (Å²) in [5.41, 5.74) is 3.97. The van der Waals surface area contributed by atoms with Crippen molar-refractivity contribution in [2.45, 2.75) is 64.3 Å². The van der Waals surface area contributed by atoms with Crippen LogP contribution in [-0.4, -0.2) is 50.6 Å². The zero-order valence-corrected chi connectivity index (χ0v) is 12.9. The second-order valence-corrected chi connectivity index (χ2v) is 6.15. The normalized spacial score (nSPS) is 36.8. The largest absolute Gasteiger partial charge is 0.388 e. The third kappa shape index (κ3) is 2.98. The Balaban J connectivity index is 2.33. The molecule has 0 unspecified atom stereocenters. The first-order chi connectivity index (χ1) is 9.65. The lowest BCUT2D eigenvalue weighted by molar-refractivity contribution is -0.341. The maximum atomic E-state index is 10.6. The first-order valence-electron chi connectivity index (χ1n) is 7.17. The minimum atomic E-state index is -1.91. The van der Waals surface area contributed by atoms with Crippen molar-refractivity contribution in [2.75, 3.05) is 0 Å². The molecule has 5 heteroatoms. The van der Waals surface area contributed by atoms with Crippen LogP contribution in [-0.2, 0) is 11.2 Å². The zero-order valence-electron chi connectivity index (χ0n) is 12.9. The quantitative estimate of drug-likeness (QED) is 0.632. The lowest BCUT2D eigenvalue weighted by atomic mass is 9.86. The van der Waals surface area contributed by atoms with Gasteiger partial charge in [-0.1, -0.05) is 17.7 Å². The van der Waals surface area contributed by atoms with E-state index in [1.165, 1.54) is 0 Å². The number of aryl methyl sites for hydroxylation is 3. The fraction of sp³-hybridized carbons (Fsp3) is 0.625. The Morgan fingerprint density at radius 3 is 2.10 bits per heavy atom. The Labute approximate surface area is 124 Å². The van der Waals surface area contributed by atoms with Crippen LogP contribution in [0.3, 0.4) is 0 Å². The van der Waals surface area contributed by atoms with Crippen molar-refractivity contribution < 1.29 is 25.2 Å². The van der Waals surface area contributed by atoms with Crippen molar-refractivity contribution in [2.24, 2.45) is 0 Å². The van der Waals surface area contributed by atoms with Gasteiger partial charge in [-0.15, -0.1) is 0 Å². The molecule has 1 aromatic carbocycles. The number of hydrogen-bond donors (Lipinski definition) is 4. The Kier molecular flexibility index (Phi) is 4.42. The molecule has 0 saturated carbocycles. The monoisotopic (exact) mass is 296 g/mol. The lowest BCUT2D eigenvalue weighted by Crippen LogP contribution is -2.64. The van der Waals surface area contributed by atoms with Crippen LogP contribution >= 0.6 is 0 Å². The van der Waals surface area contributed by atoms with Crippen LogP contribution in [0.1, 0.15) is 29.2 Å². The molecule has 0 amide bonds. The Morgan fingerprint density at radius 1 is 1.05 bits per heavy atom. The molecular formula is C16H24O5. The van der Waals surface area contributed by atoms with Gasteiger partial charge in [0.05, 0.1) is 6.10 Å². The van der Waals surface area contributed by atoms with E-state index in [0.29, 0.717) is 0 Å². The Bertz CT molecular complexity index is 506. The van der Waals surface area contributed by atoms with Gasteiger partial charge in [-0.3, -0.25) is 0 Å². The minimum absolute atomic E-state index is 0.0558. The molecule has 0 aliphatic carbocycles. The van der Waals surface area contributed by atoms with Crippen molar-refractivity contribution in [1.82, 2.24) is 0 Å². The van der Waals surface area contributed by atoms with E-state index in [1.54, 1.807) is 6.92 Å². The average Bonchev–Trinajstić information content (AvgIpc) is 2.38. The van der Waals surface area contributed by atoms with Crippen LogP contribution in [0, 0.1) is 20.8 Å². The highest BCUT2D eigenvalue weighted by molar-refractivity contribution is 5.38. The third-order valence-electron chi connectivity index (χ3n) is 4.28. The number of ether oxygens (including phenoxy) is 1. The molecule has 2 rings (SSSR count). The molecule has 5 nitrogen and oxygen atoms in total. The van der Waals surface area contributed by atoms with Gasteiger partial charge < -0.3 is 25.2 Å². The van der Waals surface area contributed by atoms with E-state index >= 15 is 0 Å². The lowest BCUT2D eigenvalue weighted by Gasteiger charge is -2.45. The summed E-state index contributed by atoms with van der Waals surface area (Å²) in [6, 6.07) is 3.99. The van der Waals surface area contributed by atoms with E-state index < -0.39 is 30.2 Å². The van der Waals surface area contributed by atoms with Crippen molar-refractivity contribution >= 4 is 0 Å². The summed E-state index contributed by atoms with van der Waals surface area (Å²) >= 11 is 0. The van der Waals surface area contributed by atoms with Crippen molar-refractivity contribution in [3.8, 4) is 0 Å². The number of benzene rings is 1. The molecule has 118 valence electrons. The van der Waals surface area contributed by atoms with Gasteiger partial charge in [-0.25, -0.2) is 0 Å². The molecule has 1 aliphatic heterocycles. The van der Waals surface area contributed by atoms with Gasteiger partial charge in [0.1, 0.15) is 18.3 Å². The molecule has 1 heterocycles. The summed E-state index contributed by atoms with van der Waals surface area (Å²) in [5, 5.41) is 40.3. The van der Waals surface area contributed by atoms with Gasteiger partial charge in [-0.05, 0) is 44.4 Å². The molecule has 0 bridgehead atoms.